The number of hydrogen-bond donors (Lipinski definition) is 0. The summed E-state index contributed by atoms with van der Waals surface area (Å²) in [7, 11) is 0. The van der Waals surface area contributed by atoms with Gasteiger partial charge in [0.15, 0.2) is 5.58 Å². The fourth-order valence-electron chi connectivity index (χ4n) is 3.12. The van der Waals surface area contributed by atoms with Gasteiger partial charge in [-0.25, -0.2) is 4.98 Å². The molecule has 2 atom stereocenters. The Labute approximate surface area is 148 Å². The quantitative estimate of drug-likeness (QED) is 0.595. The first-order valence-corrected chi connectivity index (χ1v) is 9.30. The number of ether oxygens (including phenoxy) is 1. The smallest absolute Gasteiger partial charge is 0.271 e. The third-order valence-corrected chi connectivity index (χ3v) is 5.49. The van der Waals surface area contributed by atoms with E-state index < -0.39 is 4.92 Å². The lowest BCUT2D eigenvalue weighted by atomic mass is 10.1. The fourth-order valence-corrected chi connectivity index (χ4v) is 4.12. The van der Waals surface area contributed by atoms with E-state index in [1.165, 1.54) is 12.1 Å². The van der Waals surface area contributed by atoms with Crippen LogP contribution >= 0.6 is 11.8 Å². The maximum absolute atomic E-state index is 10.8. The third kappa shape index (κ3) is 3.62. The van der Waals surface area contributed by atoms with Gasteiger partial charge in [-0.1, -0.05) is 0 Å². The lowest BCUT2D eigenvalue weighted by molar-refractivity contribution is -0.384. The lowest BCUT2D eigenvalue weighted by Gasteiger charge is -2.33. The summed E-state index contributed by atoms with van der Waals surface area (Å²) in [6.45, 7) is 1.72. The van der Waals surface area contributed by atoms with Crippen molar-refractivity contribution < 1.29 is 14.1 Å². The maximum Gasteiger partial charge on any atom is 0.271 e. The summed E-state index contributed by atoms with van der Waals surface area (Å²) >= 11 is 1.65. The first kappa shape index (κ1) is 16.3. The zero-order chi connectivity index (χ0) is 17.2. The second-order valence-corrected chi connectivity index (χ2v) is 7.20. The molecule has 0 N–H and O–H groups in total. The summed E-state index contributed by atoms with van der Waals surface area (Å²) in [5, 5.41) is 17.4. The Balaban J connectivity index is 1.38. The van der Waals surface area contributed by atoms with Crippen molar-refractivity contribution in [2.24, 2.45) is 5.10 Å². The number of benzene rings is 1. The zero-order valence-corrected chi connectivity index (χ0v) is 14.4. The van der Waals surface area contributed by atoms with Gasteiger partial charge in [-0.2, -0.15) is 5.10 Å². The Hall–Kier alpha value is -2.13. The molecule has 0 amide bonds. The summed E-state index contributed by atoms with van der Waals surface area (Å²) in [6.07, 6.45) is 4.91. The number of hydrogen-bond acceptors (Lipinski definition) is 8. The number of thioether (sulfide) groups is 1. The van der Waals surface area contributed by atoms with E-state index in [0.29, 0.717) is 28.8 Å². The van der Waals surface area contributed by atoms with Crippen LogP contribution in [0.5, 0.6) is 0 Å². The summed E-state index contributed by atoms with van der Waals surface area (Å²) in [5.41, 5.74) is 1.18. The molecule has 3 heterocycles. The molecule has 4 rings (SSSR count). The summed E-state index contributed by atoms with van der Waals surface area (Å²) in [4.78, 5) is 14.8. The first-order valence-electron chi connectivity index (χ1n) is 8.25. The molecule has 0 aliphatic carbocycles. The van der Waals surface area contributed by atoms with Crippen LogP contribution in [0.1, 0.15) is 25.2 Å². The van der Waals surface area contributed by atoms with E-state index in [4.69, 9.17) is 9.15 Å². The minimum Gasteiger partial charge on any atom is -0.440 e. The molecule has 2 aliphatic rings. The van der Waals surface area contributed by atoms with E-state index in [1.807, 2.05) is 6.21 Å². The fraction of sp³-hybridized carbons (Fsp3) is 0.500. The van der Waals surface area contributed by atoms with Gasteiger partial charge in [-0.05, 0) is 12.5 Å². The minimum absolute atomic E-state index is 0.0182. The van der Waals surface area contributed by atoms with Crippen molar-refractivity contribution in [3.63, 3.8) is 0 Å². The highest BCUT2D eigenvalue weighted by Gasteiger charge is 2.28. The highest BCUT2D eigenvalue weighted by molar-refractivity contribution is 7.98. The molecule has 9 heteroatoms. The number of nitrogens with zero attached hydrogens (tertiary/aromatic N) is 4. The molecular weight excluding hydrogens is 344 g/mol. The largest absolute Gasteiger partial charge is 0.440 e. The minimum atomic E-state index is -0.431. The van der Waals surface area contributed by atoms with E-state index >= 15 is 0 Å². The van der Waals surface area contributed by atoms with Gasteiger partial charge in [0.05, 0.1) is 23.3 Å². The summed E-state index contributed by atoms with van der Waals surface area (Å²) in [5.74, 6) is 1.13. The first-order chi connectivity index (χ1) is 12.2. The molecule has 1 aromatic carbocycles. The normalized spacial score (nSPS) is 23.4. The van der Waals surface area contributed by atoms with Crippen molar-refractivity contribution in [1.82, 2.24) is 9.99 Å². The molecule has 0 radical (unpaired) electrons. The standard InChI is InChI=1S/C16H18N4O4S/c21-20(22)12-2-3-14-13(8-12)18-15(24-14)10-25-16-9-11(4-7-23-16)19-6-1-5-17-19/h2-3,5,8,11,16H,1,4,6-7,9-10H2. The van der Waals surface area contributed by atoms with Crippen LogP contribution in [0.3, 0.4) is 0 Å². The number of hydrazone groups is 1. The molecule has 25 heavy (non-hydrogen) atoms. The number of oxazole rings is 1. The number of non-ortho nitro benzene ring substituents is 1. The van der Waals surface area contributed by atoms with Crippen LogP contribution in [-0.2, 0) is 10.5 Å². The molecule has 0 saturated carbocycles. The van der Waals surface area contributed by atoms with Crippen LogP contribution in [0.15, 0.2) is 27.7 Å². The van der Waals surface area contributed by atoms with Crippen molar-refractivity contribution in [1.29, 1.82) is 0 Å². The maximum atomic E-state index is 10.8. The number of fused-ring (bicyclic) bond motifs is 1. The van der Waals surface area contributed by atoms with E-state index in [1.54, 1.807) is 17.8 Å². The van der Waals surface area contributed by atoms with E-state index in [-0.39, 0.29) is 11.1 Å². The van der Waals surface area contributed by atoms with Crippen LogP contribution in [0, 0.1) is 10.1 Å². The number of aromatic nitrogens is 1. The van der Waals surface area contributed by atoms with E-state index in [2.05, 4.69) is 15.1 Å². The summed E-state index contributed by atoms with van der Waals surface area (Å²) < 4.78 is 11.5. The third-order valence-electron chi connectivity index (χ3n) is 4.38. The average Bonchev–Trinajstić information content (AvgIpc) is 3.29. The SMILES string of the molecule is O=[N+]([O-])c1ccc2oc(CSC3CC(N4CCC=N4)CCO3)nc2c1. The highest BCUT2D eigenvalue weighted by atomic mass is 32.2. The van der Waals surface area contributed by atoms with Gasteiger partial charge < -0.3 is 9.15 Å². The van der Waals surface area contributed by atoms with Crippen molar-refractivity contribution in [2.75, 3.05) is 13.2 Å². The van der Waals surface area contributed by atoms with Crippen LogP contribution in [0.25, 0.3) is 11.1 Å². The molecule has 2 unspecified atom stereocenters. The van der Waals surface area contributed by atoms with Crippen LogP contribution in [-0.4, -0.2) is 45.8 Å². The molecule has 1 fully saturated rings. The predicted octanol–water partition coefficient (Wildman–Crippen LogP) is 3.17. The molecule has 1 saturated heterocycles. The number of nitro groups is 1. The van der Waals surface area contributed by atoms with Gasteiger partial charge in [0.25, 0.3) is 5.69 Å². The molecule has 0 bridgehead atoms. The number of rotatable bonds is 5. The monoisotopic (exact) mass is 362 g/mol. The number of nitro benzene ring substituents is 1. The van der Waals surface area contributed by atoms with Gasteiger partial charge in [-0.15, -0.1) is 11.8 Å². The van der Waals surface area contributed by atoms with Gasteiger partial charge in [0, 0.05) is 37.7 Å². The molecule has 132 valence electrons. The highest BCUT2D eigenvalue weighted by Crippen LogP contribution is 2.31. The summed E-state index contributed by atoms with van der Waals surface area (Å²) in [6, 6.07) is 4.88. The topological polar surface area (TPSA) is 94.0 Å². The second-order valence-electron chi connectivity index (χ2n) is 6.06. The van der Waals surface area contributed by atoms with Crippen molar-refractivity contribution in [3.8, 4) is 0 Å². The van der Waals surface area contributed by atoms with Gasteiger partial charge in [0.2, 0.25) is 5.89 Å². The predicted molar refractivity (Wildman–Crippen MR) is 94.5 cm³/mol. The van der Waals surface area contributed by atoms with Crippen LogP contribution < -0.4 is 0 Å². The van der Waals surface area contributed by atoms with Gasteiger partial charge in [0.1, 0.15) is 11.0 Å². The molecule has 8 nitrogen and oxygen atoms in total. The molecule has 0 spiro atoms. The average molecular weight is 362 g/mol. The molecular formula is C16H18N4O4S. The lowest BCUT2D eigenvalue weighted by Crippen LogP contribution is -2.37. The van der Waals surface area contributed by atoms with Gasteiger partial charge >= 0.3 is 0 Å². The van der Waals surface area contributed by atoms with E-state index in [0.717, 1.165) is 32.4 Å². The zero-order valence-electron chi connectivity index (χ0n) is 13.5. The van der Waals surface area contributed by atoms with Crippen LogP contribution in [0.4, 0.5) is 5.69 Å². The Bertz CT molecular complexity index is 809. The molecule has 2 aromatic rings. The Kier molecular flexibility index (Phi) is 4.58. The van der Waals surface area contributed by atoms with Crippen LogP contribution in [0.2, 0.25) is 0 Å². The second kappa shape index (κ2) is 7.01. The van der Waals surface area contributed by atoms with Crippen molar-refractivity contribution in [3.05, 3.63) is 34.2 Å². The Morgan fingerprint density at radius 3 is 3.16 bits per heavy atom. The van der Waals surface area contributed by atoms with Gasteiger partial charge in [-0.3, -0.25) is 15.1 Å². The van der Waals surface area contributed by atoms with E-state index in [9.17, 15) is 10.1 Å². The van der Waals surface area contributed by atoms with Crippen molar-refractivity contribution in [2.45, 2.75) is 36.5 Å². The Morgan fingerprint density at radius 2 is 2.36 bits per heavy atom. The van der Waals surface area contributed by atoms with Crippen molar-refractivity contribution >= 4 is 34.8 Å². The molecule has 2 aliphatic heterocycles. The Morgan fingerprint density at radius 1 is 1.44 bits per heavy atom. The molecule has 1 aromatic heterocycles.